The average molecular weight is 309 g/mol. The first-order valence-corrected chi connectivity index (χ1v) is 8.78. The second-order valence-electron chi connectivity index (χ2n) is 6.83. The summed E-state index contributed by atoms with van der Waals surface area (Å²) in [5, 5.41) is 0. The molecule has 0 unspecified atom stereocenters. The summed E-state index contributed by atoms with van der Waals surface area (Å²) in [6, 6.07) is 19.0. The monoisotopic (exact) mass is 309 g/mol. The molecule has 0 aromatic heterocycles. The van der Waals surface area contributed by atoms with E-state index in [2.05, 4.69) is 54.6 Å². The van der Waals surface area contributed by atoms with Crippen molar-refractivity contribution in [2.75, 3.05) is 6.61 Å². The van der Waals surface area contributed by atoms with Crippen LogP contribution in [0, 0.1) is 0 Å². The molecule has 0 amide bonds. The number of nitrogens with two attached hydrogens (primary N) is 1. The highest BCUT2D eigenvalue weighted by molar-refractivity contribution is 5.31. The predicted molar refractivity (Wildman–Crippen MR) is 95.8 cm³/mol. The molecule has 122 valence electrons. The van der Waals surface area contributed by atoms with Gasteiger partial charge in [0.2, 0.25) is 0 Å². The highest BCUT2D eigenvalue weighted by Crippen LogP contribution is 2.28. The molecule has 0 aliphatic heterocycles. The third-order valence-corrected chi connectivity index (χ3v) is 4.89. The Balaban J connectivity index is 1.48. The van der Waals surface area contributed by atoms with Gasteiger partial charge in [-0.05, 0) is 48.9 Å². The van der Waals surface area contributed by atoms with Crippen LogP contribution in [-0.4, -0.2) is 12.1 Å². The van der Waals surface area contributed by atoms with Crippen LogP contribution in [0.1, 0.15) is 49.7 Å². The average Bonchev–Trinajstić information content (AvgIpc) is 2.58. The first kappa shape index (κ1) is 16.1. The van der Waals surface area contributed by atoms with Gasteiger partial charge in [0.1, 0.15) is 5.75 Å². The van der Waals surface area contributed by atoms with E-state index >= 15 is 0 Å². The van der Waals surface area contributed by atoms with E-state index < -0.39 is 0 Å². The van der Waals surface area contributed by atoms with Gasteiger partial charge in [0.15, 0.2) is 0 Å². The largest absolute Gasteiger partial charge is 0.494 e. The molecule has 1 aliphatic rings. The Kier molecular flexibility index (Phi) is 5.35. The summed E-state index contributed by atoms with van der Waals surface area (Å²) < 4.78 is 5.90. The molecule has 0 saturated heterocycles. The third-order valence-electron chi connectivity index (χ3n) is 4.89. The molecule has 2 heteroatoms. The van der Waals surface area contributed by atoms with Crippen LogP contribution in [0.25, 0.3) is 0 Å². The van der Waals surface area contributed by atoms with E-state index in [1.165, 1.54) is 30.4 Å². The lowest BCUT2D eigenvalue weighted by atomic mass is 9.80. The van der Waals surface area contributed by atoms with Crippen molar-refractivity contribution >= 4 is 0 Å². The highest BCUT2D eigenvalue weighted by atomic mass is 16.5. The summed E-state index contributed by atoms with van der Waals surface area (Å²) in [5.74, 6) is 0.946. The summed E-state index contributed by atoms with van der Waals surface area (Å²) >= 11 is 0. The summed E-state index contributed by atoms with van der Waals surface area (Å²) in [6.07, 6.45) is 8.09. The standard InChI is InChI=1S/C21H27NO/c22-21(13-5-2-6-14-21)15-16-23-20-11-9-19(10-12-20)17-18-7-3-1-4-8-18/h1,3-4,7-12H,2,5-6,13-17,22H2. The number of ether oxygens (including phenoxy) is 1. The van der Waals surface area contributed by atoms with Gasteiger partial charge in [0.25, 0.3) is 0 Å². The minimum absolute atomic E-state index is 0.00546. The number of rotatable bonds is 6. The molecular weight excluding hydrogens is 282 g/mol. The smallest absolute Gasteiger partial charge is 0.119 e. The molecule has 23 heavy (non-hydrogen) atoms. The van der Waals surface area contributed by atoms with Crippen LogP contribution in [0.15, 0.2) is 54.6 Å². The molecule has 2 nitrogen and oxygen atoms in total. The predicted octanol–water partition coefficient (Wildman–Crippen LogP) is 4.71. The molecule has 2 aromatic carbocycles. The molecule has 1 saturated carbocycles. The lowest BCUT2D eigenvalue weighted by Crippen LogP contribution is -2.42. The normalized spacial score (nSPS) is 16.9. The fraction of sp³-hybridized carbons (Fsp3) is 0.429. The van der Waals surface area contributed by atoms with Gasteiger partial charge in [-0.2, -0.15) is 0 Å². The van der Waals surface area contributed by atoms with E-state index in [0.29, 0.717) is 6.61 Å². The zero-order valence-electron chi connectivity index (χ0n) is 13.8. The third kappa shape index (κ3) is 4.84. The van der Waals surface area contributed by atoms with Gasteiger partial charge in [-0.1, -0.05) is 61.7 Å². The van der Waals surface area contributed by atoms with Crippen molar-refractivity contribution in [2.45, 2.75) is 50.5 Å². The summed E-state index contributed by atoms with van der Waals surface area (Å²) in [5.41, 5.74) is 9.11. The van der Waals surface area contributed by atoms with Crippen molar-refractivity contribution in [3.05, 3.63) is 65.7 Å². The first-order chi connectivity index (χ1) is 11.2. The van der Waals surface area contributed by atoms with E-state index in [4.69, 9.17) is 10.5 Å². The van der Waals surface area contributed by atoms with Crippen LogP contribution in [0.4, 0.5) is 0 Å². The van der Waals surface area contributed by atoms with Crippen LogP contribution in [-0.2, 0) is 6.42 Å². The highest BCUT2D eigenvalue weighted by Gasteiger charge is 2.26. The Bertz CT molecular complexity index is 585. The van der Waals surface area contributed by atoms with Crippen LogP contribution >= 0.6 is 0 Å². The maximum absolute atomic E-state index is 6.45. The molecule has 0 atom stereocenters. The topological polar surface area (TPSA) is 35.2 Å². The maximum atomic E-state index is 6.45. The number of hydrogen-bond donors (Lipinski definition) is 1. The van der Waals surface area contributed by atoms with E-state index in [1.54, 1.807) is 0 Å². The first-order valence-electron chi connectivity index (χ1n) is 8.78. The van der Waals surface area contributed by atoms with E-state index in [1.807, 2.05) is 0 Å². The fourth-order valence-corrected chi connectivity index (χ4v) is 3.41. The Hall–Kier alpha value is -1.80. The van der Waals surface area contributed by atoms with Crippen molar-refractivity contribution < 1.29 is 4.74 Å². The minimum atomic E-state index is 0.00546. The van der Waals surface area contributed by atoms with Gasteiger partial charge in [-0.15, -0.1) is 0 Å². The molecule has 0 spiro atoms. The Morgan fingerprint density at radius 3 is 2.17 bits per heavy atom. The van der Waals surface area contributed by atoms with Gasteiger partial charge in [-0.25, -0.2) is 0 Å². The SMILES string of the molecule is NC1(CCOc2ccc(Cc3ccccc3)cc2)CCCCC1. The summed E-state index contributed by atoms with van der Waals surface area (Å²) in [6.45, 7) is 0.717. The van der Waals surface area contributed by atoms with Crippen molar-refractivity contribution in [1.29, 1.82) is 0 Å². The zero-order chi connectivity index (χ0) is 16.0. The molecule has 0 bridgehead atoms. The molecule has 0 radical (unpaired) electrons. The van der Waals surface area contributed by atoms with E-state index in [9.17, 15) is 0 Å². The van der Waals surface area contributed by atoms with Crippen LogP contribution in [0.2, 0.25) is 0 Å². The van der Waals surface area contributed by atoms with Gasteiger partial charge in [0, 0.05) is 5.54 Å². The lowest BCUT2D eigenvalue weighted by molar-refractivity contribution is 0.214. The molecule has 1 aliphatic carbocycles. The summed E-state index contributed by atoms with van der Waals surface area (Å²) in [4.78, 5) is 0. The van der Waals surface area contributed by atoms with Crippen LogP contribution in [0.3, 0.4) is 0 Å². The molecule has 0 heterocycles. The van der Waals surface area contributed by atoms with Gasteiger partial charge in [-0.3, -0.25) is 0 Å². The molecule has 2 aromatic rings. The molecule has 1 fully saturated rings. The van der Waals surface area contributed by atoms with Crippen LogP contribution in [0.5, 0.6) is 5.75 Å². The lowest BCUT2D eigenvalue weighted by Gasteiger charge is -2.33. The Labute approximate surface area is 139 Å². The van der Waals surface area contributed by atoms with Gasteiger partial charge < -0.3 is 10.5 Å². The van der Waals surface area contributed by atoms with Crippen molar-refractivity contribution in [2.24, 2.45) is 5.73 Å². The Morgan fingerprint density at radius 2 is 1.48 bits per heavy atom. The van der Waals surface area contributed by atoms with Crippen molar-refractivity contribution in [3.63, 3.8) is 0 Å². The van der Waals surface area contributed by atoms with Crippen molar-refractivity contribution in [3.8, 4) is 5.75 Å². The zero-order valence-corrected chi connectivity index (χ0v) is 13.8. The van der Waals surface area contributed by atoms with E-state index in [0.717, 1.165) is 31.4 Å². The molecule has 3 rings (SSSR count). The van der Waals surface area contributed by atoms with E-state index in [-0.39, 0.29) is 5.54 Å². The maximum Gasteiger partial charge on any atom is 0.119 e. The van der Waals surface area contributed by atoms with Crippen LogP contribution < -0.4 is 10.5 Å². The number of hydrogen-bond acceptors (Lipinski definition) is 2. The Morgan fingerprint density at radius 1 is 0.826 bits per heavy atom. The second kappa shape index (κ2) is 7.65. The fourth-order valence-electron chi connectivity index (χ4n) is 3.41. The minimum Gasteiger partial charge on any atom is -0.494 e. The van der Waals surface area contributed by atoms with Gasteiger partial charge >= 0.3 is 0 Å². The van der Waals surface area contributed by atoms with Gasteiger partial charge in [0.05, 0.1) is 6.61 Å². The second-order valence-corrected chi connectivity index (χ2v) is 6.83. The number of benzene rings is 2. The molecular formula is C21H27NO. The molecule has 2 N–H and O–H groups in total. The summed E-state index contributed by atoms with van der Waals surface area (Å²) in [7, 11) is 0. The van der Waals surface area contributed by atoms with Crippen molar-refractivity contribution in [1.82, 2.24) is 0 Å². The quantitative estimate of drug-likeness (QED) is 0.839.